The van der Waals surface area contributed by atoms with Gasteiger partial charge in [0.25, 0.3) is 0 Å². The smallest absolute Gasteiger partial charge is 0.331 e. The number of aromatic nitrogens is 1. The van der Waals surface area contributed by atoms with Crippen LogP contribution in [0.15, 0.2) is 54.2 Å². The number of carbonyl (C=O) groups is 2. The van der Waals surface area contributed by atoms with Crippen LogP contribution in [0.3, 0.4) is 0 Å². The summed E-state index contributed by atoms with van der Waals surface area (Å²) >= 11 is 0. The van der Waals surface area contributed by atoms with Gasteiger partial charge >= 0.3 is 5.97 Å². The molecule has 192 valence electrons. The summed E-state index contributed by atoms with van der Waals surface area (Å²) in [4.78, 5) is 30.7. The molecule has 0 spiro atoms. The van der Waals surface area contributed by atoms with E-state index in [-0.39, 0.29) is 24.1 Å². The number of fused-ring (bicyclic) bond motifs is 1. The van der Waals surface area contributed by atoms with Gasteiger partial charge in [0.2, 0.25) is 5.91 Å². The van der Waals surface area contributed by atoms with Gasteiger partial charge in [0.15, 0.2) is 0 Å². The number of rotatable bonds is 10. The standard InChI is InChI=1S/C28H36N4O4/c1-4-23(5-2)36-25-16-21(28(34)35)15-24(26(25)31-18(3)33)30-17-19-8-10-22(11-9-19)32-14-12-20-7-6-13-29-27(20)32/h6-11,13,16,23-26,30H,4-5,12,14-15,17H2,1-3H3,(H,31,33)(H,34,35)/t24-,25+,26+/m0/s1. The molecule has 1 aromatic carbocycles. The summed E-state index contributed by atoms with van der Waals surface area (Å²) in [5.74, 6) is -0.105. The van der Waals surface area contributed by atoms with Gasteiger partial charge in [-0.1, -0.05) is 32.0 Å². The van der Waals surface area contributed by atoms with Crippen LogP contribution in [0.25, 0.3) is 0 Å². The van der Waals surface area contributed by atoms with Crippen LogP contribution in [-0.4, -0.2) is 52.8 Å². The van der Waals surface area contributed by atoms with E-state index in [0.717, 1.165) is 42.9 Å². The number of anilines is 2. The van der Waals surface area contributed by atoms with Gasteiger partial charge in [-0.3, -0.25) is 4.79 Å². The molecule has 1 aliphatic carbocycles. The molecule has 3 N–H and O–H groups in total. The van der Waals surface area contributed by atoms with E-state index in [1.54, 1.807) is 6.08 Å². The van der Waals surface area contributed by atoms with Crippen molar-refractivity contribution in [1.29, 1.82) is 0 Å². The number of hydrogen-bond donors (Lipinski definition) is 3. The number of hydrogen-bond acceptors (Lipinski definition) is 6. The zero-order valence-electron chi connectivity index (χ0n) is 21.2. The van der Waals surface area contributed by atoms with Gasteiger partial charge in [-0.05, 0) is 61.1 Å². The fourth-order valence-corrected chi connectivity index (χ4v) is 5.07. The number of aliphatic carboxylic acids is 1. The highest BCUT2D eigenvalue weighted by molar-refractivity contribution is 5.87. The first kappa shape index (κ1) is 25.9. The Morgan fingerprint density at radius 2 is 1.94 bits per heavy atom. The lowest BCUT2D eigenvalue weighted by atomic mass is 9.87. The number of amides is 1. The first-order valence-corrected chi connectivity index (χ1v) is 12.8. The topological polar surface area (TPSA) is 104 Å². The Morgan fingerprint density at radius 3 is 2.61 bits per heavy atom. The van der Waals surface area contributed by atoms with Crippen LogP contribution in [0.2, 0.25) is 0 Å². The minimum atomic E-state index is -0.954. The number of pyridine rings is 1. The summed E-state index contributed by atoms with van der Waals surface area (Å²) in [6.45, 7) is 7.02. The largest absolute Gasteiger partial charge is 0.478 e. The predicted molar refractivity (Wildman–Crippen MR) is 139 cm³/mol. The highest BCUT2D eigenvalue weighted by atomic mass is 16.5. The number of ether oxygens (including phenoxy) is 1. The van der Waals surface area contributed by atoms with E-state index < -0.39 is 12.1 Å². The molecule has 8 nitrogen and oxygen atoms in total. The summed E-state index contributed by atoms with van der Waals surface area (Å²) in [5.41, 5.74) is 3.74. The van der Waals surface area contributed by atoms with Crippen molar-refractivity contribution in [2.45, 2.75) is 77.3 Å². The predicted octanol–water partition coefficient (Wildman–Crippen LogP) is 3.73. The number of benzene rings is 1. The van der Waals surface area contributed by atoms with E-state index >= 15 is 0 Å². The Hall–Kier alpha value is -3.23. The summed E-state index contributed by atoms with van der Waals surface area (Å²) < 4.78 is 6.26. The second kappa shape index (κ2) is 11.7. The molecule has 0 fully saturated rings. The Bertz CT molecular complexity index is 1100. The Balaban J connectivity index is 1.48. The van der Waals surface area contributed by atoms with Crippen molar-refractivity contribution in [3.63, 3.8) is 0 Å². The molecule has 0 saturated heterocycles. The second-order valence-corrected chi connectivity index (χ2v) is 9.51. The number of carboxylic acid groups (broad SMARTS) is 1. The van der Waals surface area contributed by atoms with Gasteiger partial charge in [-0.25, -0.2) is 9.78 Å². The van der Waals surface area contributed by atoms with Crippen LogP contribution in [0.4, 0.5) is 11.5 Å². The Labute approximate surface area is 212 Å². The van der Waals surface area contributed by atoms with Crippen molar-refractivity contribution < 1.29 is 19.4 Å². The zero-order chi connectivity index (χ0) is 25.7. The molecule has 2 aromatic rings. The third-order valence-electron chi connectivity index (χ3n) is 7.04. The average molecular weight is 493 g/mol. The van der Waals surface area contributed by atoms with E-state index in [1.165, 1.54) is 12.5 Å². The van der Waals surface area contributed by atoms with Crippen LogP contribution < -0.4 is 15.5 Å². The highest BCUT2D eigenvalue weighted by Crippen LogP contribution is 2.32. The molecule has 1 aliphatic heterocycles. The fraction of sp³-hybridized carbons (Fsp3) is 0.464. The zero-order valence-corrected chi connectivity index (χ0v) is 21.2. The fourth-order valence-electron chi connectivity index (χ4n) is 5.07. The van der Waals surface area contributed by atoms with Crippen molar-refractivity contribution in [1.82, 2.24) is 15.6 Å². The van der Waals surface area contributed by atoms with Gasteiger partial charge in [-0.15, -0.1) is 0 Å². The maximum Gasteiger partial charge on any atom is 0.331 e. The highest BCUT2D eigenvalue weighted by Gasteiger charge is 2.37. The van der Waals surface area contributed by atoms with Crippen molar-refractivity contribution in [3.05, 3.63) is 65.4 Å². The molecule has 0 saturated carbocycles. The molecule has 3 atom stereocenters. The minimum absolute atomic E-state index is 0.00550. The average Bonchev–Trinajstić information content (AvgIpc) is 3.31. The molecular weight excluding hydrogens is 456 g/mol. The van der Waals surface area contributed by atoms with E-state index in [4.69, 9.17) is 4.74 Å². The third kappa shape index (κ3) is 5.94. The van der Waals surface area contributed by atoms with Gasteiger partial charge in [-0.2, -0.15) is 0 Å². The normalized spacial score (nSPS) is 21.3. The van der Waals surface area contributed by atoms with E-state index in [9.17, 15) is 14.7 Å². The van der Waals surface area contributed by atoms with Crippen molar-refractivity contribution in [2.75, 3.05) is 11.4 Å². The van der Waals surface area contributed by atoms with Crippen molar-refractivity contribution in [2.24, 2.45) is 0 Å². The van der Waals surface area contributed by atoms with E-state index in [1.807, 2.05) is 26.1 Å². The van der Waals surface area contributed by atoms with Crippen LogP contribution in [0.1, 0.15) is 51.2 Å². The number of nitrogens with one attached hydrogen (secondary N) is 2. The SMILES string of the molecule is CCC(CC)O[C@@H]1C=C(C(=O)O)C[C@H](NCc2ccc(N3CCc4cccnc43)cc2)[C@H]1NC(C)=O. The summed E-state index contributed by atoms with van der Waals surface area (Å²) in [5, 5.41) is 16.2. The molecule has 2 heterocycles. The summed E-state index contributed by atoms with van der Waals surface area (Å²) in [6, 6.07) is 11.8. The summed E-state index contributed by atoms with van der Waals surface area (Å²) in [6.07, 6.45) is 5.89. The van der Waals surface area contributed by atoms with Gasteiger partial charge in [0, 0.05) is 43.5 Å². The number of nitrogens with zero attached hydrogens (tertiary/aromatic N) is 2. The molecule has 0 bridgehead atoms. The quantitative estimate of drug-likeness (QED) is 0.464. The first-order chi connectivity index (χ1) is 17.4. The first-order valence-electron chi connectivity index (χ1n) is 12.8. The lowest BCUT2D eigenvalue weighted by Gasteiger charge is -2.38. The van der Waals surface area contributed by atoms with E-state index in [0.29, 0.717) is 18.5 Å². The molecule has 1 amide bonds. The van der Waals surface area contributed by atoms with Gasteiger partial charge in [0.05, 0.1) is 18.2 Å². The molecule has 36 heavy (non-hydrogen) atoms. The molecule has 0 unspecified atom stereocenters. The third-order valence-corrected chi connectivity index (χ3v) is 7.04. The number of carbonyl (C=O) groups excluding carboxylic acids is 1. The maximum absolute atomic E-state index is 12.0. The molecule has 4 rings (SSSR count). The molecule has 0 radical (unpaired) electrons. The lowest BCUT2D eigenvalue weighted by molar-refractivity contribution is -0.133. The van der Waals surface area contributed by atoms with E-state index in [2.05, 4.69) is 50.8 Å². The van der Waals surface area contributed by atoms with Crippen LogP contribution in [0, 0.1) is 0 Å². The lowest BCUT2D eigenvalue weighted by Crippen LogP contribution is -2.58. The Kier molecular flexibility index (Phi) is 8.38. The van der Waals surface area contributed by atoms with Gasteiger partial charge in [0.1, 0.15) is 5.82 Å². The molecular formula is C28H36N4O4. The van der Waals surface area contributed by atoms with Gasteiger partial charge < -0.3 is 25.4 Å². The minimum Gasteiger partial charge on any atom is -0.478 e. The summed E-state index contributed by atoms with van der Waals surface area (Å²) in [7, 11) is 0. The van der Waals surface area contributed by atoms with Crippen LogP contribution in [-0.2, 0) is 27.3 Å². The molecule has 2 aliphatic rings. The monoisotopic (exact) mass is 492 g/mol. The van der Waals surface area contributed by atoms with Crippen molar-refractivity contribution >= 4 is 23.4 Å². The molecule has 8 heteroatoms. The van der Waals surface area contributed by atoms with Crippen LogP contribution >= 0.6 is 0 Å². The maximum atomic E-state index is 12.0. The molecule has 1 aromatic heterocycles. The Morgan fingerprint density at radius 1 is 1.19 bits per heavy atom. The number of carboxylic acids is 1. The van der Waals surface area contributed by atoms with Crippen molar-refractivity contribution in [3.8, 4) is 0 Å². The van der Waals surface area contributed by atoms with Crippen LogP contribution in [0.5, 0.6) is 0 Å². The second-order valence-electron chi connectivity index (χ2n) is 9.51.